The Morgan fingerprint density at radius 1 is 1.35 bits per heavy atom. The van der Waals surface area contributed by atoms with Gasteiger partial charge in [0.15, 0.2) is 0 Å². The molecular weight excluding hydrogens is 264 g/mol. The third-order valence-corrected chi connectivity index (χ3v) is 6.58. The second-order valence-electron chi connectivity index (χ2n) is 7.53. The Balaban J connectivity index is 2.02. The second-order valence-corrected chi connectivity index (χ2v) is 8.56. The van der Waals surface area contributed by atoms with Gasteiger partial charge < -0.3 is 5.32 Å². The third-order valence-electron chi connectivity index (χ3n) is 4.81. The van der Waals surface area contributed by atoms with Crippen molar-refractivity contribution in [1.29, 1.82) is 0 Å². The lowest BCUT2D eigenvalue weighted by Gasteiger charge is -2.42. The van der Waals surface area contributed by atoms with Crippen molar-refractivity contribution in [3.8, 4) is 0 Å². The van der Waals surface area contributed by atoms with Gasteiger partial charge >= 0.3 is 0 Å². The van der Waals surface area contributed by atoms with Crippen LogP contribution in [-0.4, -0.2) is 11.5 Å². The summed E-state index contributed by atoms with van der Waals surface area (Å²) in [6.45, 7) is 14.7. The SMILES string of the molecule is CCC1(CNC(C)c2sc(C(C)(C)C)nc2C)CCC1. The molecule has 0 bridgehead atoms. The molecule has 1 unspecified atom stereocenters. The first-order valence-electron chi connectivity index (χ1n) is 7.99. The zero-order chi connectivity index (χ0) is 15.0. The lowest BCUT2D eigenvalue weighted by molar-refractivity contribution is 0.120. The molecule has 114 valence electrons. The molecule has 0 aliphatic heterocycles. The molecule has 1 N–H and O–H groups in total. The highest BCUT2D eigenvalue weighted by Crippen LogP contribution is 2.43. The van der Waals surface area contributed by atoms with Crippen molar-refractivity contribution in [1.82, 2.24) is 10.3 Å². The van der Waals surface area contributed by atoms with E-state index in [4.69, 9.17) is 4.98 Å². The first-order valence-corrected chi connectivity index (χ1v) is 8.80. The molecular formula is C17H30N2S. The van der Waals surface area contributed by atoms with Crippen LogP contribution in [0.5, 0.6) is 0 Å². The summed E-state index contributed by atoms with van der Waals surface area (Å²) in [6.07, 6.45) is 5.52. The number of nitrogens with zero attached hydrogens (tertiary/aromatic N) is 1. The molecule has 1 atom stereocenters. The Bertz CT molecular complexity index is 447. The van der Waals surface area contributed by atoms with Gasteiger partial charge in [0, 0.05) is 22.9 Å². The minimum Gasteiger partial charge on any atom is -0.309 e. The number of nitrogens with one attached hydrogen (secondary N) is 1. The first kappa shape index (κ1) is 16.0. The van der Waals surface area contributed by atoms with E-state index in [1.54, 1.807) is 0 Å². The molecule has 0 saturated heterocycles. The Hall–Kier alpha value is -0.410. The van der Waals surface area contributed by atoms with Crippen molar-refractivity contribution in [2.75, 3.05) is 6.54 Å². The van der Waals surface area contributed by atoms with Crippen molar-refractivity contribution in [2.45, 2.75) is 78.7 Å². The highest BCUT2D eigenvalue weighted by atomic mass is 32.1. The van der Waals surface area contributed by atoms with E-state index in [1.807, 2.05) is 11.3 Å². The number of aryl methyl sites for hydroxylation is 1. The van der Waals surface area contributed by atoms with Crippen molar-refractivity contribution in [3.05, 3.63) is 15.6 Å². The maximum Gasteiger partial charge on any atom is 0.0985 e. The molecule has 1 fully saturated rings. The maximum atomic E-state index is 4.78. The van der Waals surface area contributed by atoms with E-state index in [0.717, 1.165) is 6.54 Å². The van der Waals surface area contributed by atoms with Gasteiger partial charge in [-0.3, -0.25) is 0 Å². The zero-order valence-corrected chi connectivity index (χ0v) is 14.8. The lowest BCUT2D eigenvalue weighted by atomic mass is 9.67. The Labute approximate surface area is 128 Å². The minimum atomic E-state index is 0.159. The summed E-state index contributed by atoms with van der Waals surface area (Å²) in [5, 5.41) is 5.03. The average Bonchev–Trinajstić information content (AvgIpc) is 2.70. The van der Waals surface area contributed by atoms with Crippen molar-refractivity contribution in [2.24, 2.45) is 5.41 Å². The molecule has 1 aliphatic carbocycles. The quantitative estimate of drug-likeness (QED) is 0.828. The van der Waals surface area contributed by atoms with E-state index in [9.17, 15) is 0 Å². The summed E-state index contributed by atoms with van der Waals surface area (Å²) < 4.78 is 0. The summed E-state index contributed by atoms with van der Waals surface area (Å²) in [6, 6.07) is 0.424. The fraction of sp³-hybridized carbons (Fsp3) is 0.824. The molecule has 0 amide bonds. The van der Waals surface area contributed by atoms with E-state index < -0.39 is 0 Å². The Morgan fingerprint density at radius 3 is 2.40 bits per heavy atom. The molecule has 3 heteroatoms. The molecule has 2 rings (SSSR count). The minimum absolute atomic E-state index is 0.159. The van der Waals surface area contributed by atoms with Gasteiger partial charge in [-0.2, -0.15) is 0 Å². The van der Waals surface area contributed by atoms with Crippen LogP contribution in [-0.2, 0) is 5.41 Å². The summed E-state index contributed by atoms with van der Waals surface area (Å²) in [4.78, 5) is 6.20. The molecule has 1 aromatic heterocycles. The lowest BCUT2D eigenvalue weighted by Crippen LogP contribution is -2.40. The highest BCUT2D eigenvalue weighted by Gasteiger charge is 2.35. The molecule has 1 aromatic rings. The van der Waals surface area contributed by atoms with Gasteiger partial charge in [0.05, 0.1) is 10.7 Å². The van der Waals surface area contributed by atoms with E-state index >= 15 is 0 Å². The van der Waals surface area contributed by atoms with E-state index in [0.29, 0.717) is 11.5 Å². The Kier molecular flexibility index (Phi) is 4.60. The molecule has 1 saturated carbocycles. The van der Waals surface area contributed by atoms with Gasteiger partial charge in [0.2, 0.25) is 0 Å². The molecule has 2 nitrogen and oxygen atoms in total. The molecule has 0 aromatic carbocycles. The van der Waals surface area contributed by atoms with E-state index in [-0.39, 0.29) is 5.41 Å². The fourth-order valence-corrected chi connectivity index (χ4v) is 4.08. The number of thiazole rings is 1. The van der Waals surface area contributed by atoms with Crippen LogP contribution in [0.15, 0.2) is 0 Å². The molecule has 20 heavy (non-hydrogen) atoms. The zero-order valence-electron chi connectivity index (χ0n) is 14.0. The summed E-state index contributed by atoms with van der Waals surface area (Å²) in [7, 11) is 0. The predicted molar refractivity (Wildman–Crippen MR) is 88.5 cm³/mol. The van der Waals surface area contributed by atoms with Gasteiger partial charge in [-0.25, -0.2) is 4.98 Å². The number of hydrogen-bond donors (Lipinski definition) is 1. The largest absolute Gasteiger partial charge is 0.309 e. The highest BCUT2D eigenvalue weighted by molar-refractivity contribution is 7.12. The molecule has 1 aliphatic rings. The van der Waals surface area contributed by atoms with Crippen LogP contribution in [0.25, 0.3) is 0 Å². The van der Waals surface area contributed by atoms with E-state index in [2.05, 4.69) is 46.9 Å². The maximum absolute atomic E-state index is 4.78. The van der Waals surface area contributed by atoms with E-state index in [1.165, 1.54) is 41.3 Å². The van der Waals surface area contributed by atoms with Crippen LogP contribution < -0.4 is 5.32 Å². The van der Waals surface area contributed by atoms with Gasteiger partial charge in [-0.15, -0.1) is 11.3 Å². The van der Waals surface area contributed by atoms with Crippen LogP contribution in [0.2, 0.25) is 0 Å². The second kappa shape index (κ2) is 5.76. The van der Waals surface area contributed by atoms with Gasteiger partial charge in [-0.05, 0) is 38.5 Å². The van der Waals surface area contributed by atoms with Gasteiger partial charge in [-0.1, -0.05) is 34.1 Å². The topological polar surface area (TPSA) is 24.9 Å². The van der Waals surface area contributed by atoms with Crippen molar-refractivity contribution in [3.63, 3.8) is 0 Å². The third kappa shape index (κ3) is 3.25. The smallest absolute Gasteiger partial charge is 0.0985 e. The molecule has 1 heterocycles. The van der Waals surface area contributed by atoms with Crippen molar-refractivity contribution < 1.29 is 0 Å². The summed E-state index contributed by atoms with van der Waals surface area (Å²) in [5.41, 5.74) is 1.95. The van der Waals surface area contributed by atoms with Crippen LogP contribution in [0, 0.1) is 12.3 Å². The number of hydrogen-bond acceptors (Lipinski definition) is 3. The number of aromatic nitrogens is 1. The van der Waals surface area contributed by atoms with Crippen molar-refractivity contribution >= 4 is 11.3 Å². The standard InChI is InChI=1S/C17H30N2S/c1-7-17(9-8-10-17)11-18-12(2)14-13(3)19-15(20-14)16(4,5)6/h12,18H,7-11H2,1-6H3. The monoisotopic (exact) mass is 294 g/mol. The fourth-order valence-electron chi connectivity index (χ4n) is 2.93. The molecule has 0 spiro atoms. The summed E-state index contributed by atoms with van der Waals surface area (Å²) in [5.74, 6) is 0. The first-order chi connectivity index (χ1) is 9.27. The molecule has 0 radical (unpaired) electrons. The van der Waals surface area contributed by atoms with Gasteiger partial charge in [0.25, 0.3) is 0 Å². The van der Waals surface area contributed by atoms with Gasteiger partial charge in [0.1, 0.15) is 0 Å². The van der Waals surface area contributed by atoms with Crippen LogP contribution >= 0.6 is 11.3 Å². The average molecular weight is 295 g/mol. The Morgan fingerprint density at radius 2 is 2.00 bits per heavy atom. The number of rotatable bonds is 5. The summed E-state index contributed by atoms with van der Waals surface area (Å²) >= 11 is 1.88. The predicted octanol–water partition coefficient (Wildman–Crippen LogP) is 4.98. The van der Waals surface area contributed by atoms with Crippen LogP contribution in [0.4, 0.5) is 0 Å². The van der Waals surface area contributed by atoms with Crippen LogP contribution in [0.1, 0.15) is 81.9 Å². The van der Waals surface area contributed by atoms with Crippen LogP contribution in [0.3, 0.4) is 0 Å². The normalized spacial score (nSPS) is 19.7.